The second kappa shape index (κ2) is 6.02. The monoisotopic (exact) mass is 225 g/mol. The molecule has 0 amide bonds. The van der Waals surface area contributed by atoms with Crippen molar-refractivity contribution >= 4 is 0 Å². The number of aliphatic hydroxyl groups is 1. The van der Waals surface area contributed by atoms with Gasteiger partial charge in [0.1, 0.15) is 0 Å². The maximum atomic E-state index is 9.49. The molecule has 2 N–H and O–H groups in total. The summed E-state index contributed by atoms with van der Waals surface area (Å²) in [5.74, 6) is 0.957. The summed E-state index contributed by atoms with van der Waals surface area (Å²) in [6.07, 6.45) is 13.5. The molecule has 94 valence electrons. The second-order valence-electron chi connectivity index (χ2n) is 5.87. The molecule has 2 heteroatoms. The predicted molar refractivity (Wildman–Crippen MR) is 67.5 cm³/mol. The van der Waals surface area contributed by atoms with E-state index in [9.17, 15) is 5.11 Å². The Morgan fingerprint density at radius 1 is 1.00 bits per heavy atom. The van der Waals surface area contributed by atoms with E-state index < -0.39 is 0 Å². The number of hydrogen-bond donors (Lipinski definition) is 2. The van der Waals surface area contributed by atoms with E-state index in [0.717, 1.165) is 12.5 Å². The Morgan fingerprint density at radius 3 is 2.31 bits per heavy atom. The largest absolute Gasteiger partial charge is 0.394 e. The Labute approximate surface area is 99.8 Å². The van der Waals surface area contributed by atoms with E-state index in [-0.39, 0.29) is 5.54 Å². The summed E-state index contributed by atoms with van der Waals surface area (Å²) in [5.41, 5.74) is 0.0919. The molecule has 0 aromatic heterocycles. The Hall–Kier alpha value is -0.0800. The van der Waals surface area contributed by atoms with Crippen LogP contribution in [0.2, 0.25) is 0 Å². The van der Waals surface area contributed by atoms with Crippen LogP contribution in [0.5, 0.6) is 0 Å². The molecule has 0 heterocycles. The Bertz CT molecular complexity index is 193. The maximum Gasteiger partial charge on any atom is 0.0613 e. The van der Waals surface area contributed by atoms with Gasteiger partial charge in [0.05, 0.1) is 6.61 Å². The Morgan fingerprint density at radius 2 is 1.69 bits per heavy atom. The summed E-state index contributed by atoms with van der Waals surface area (Å²) >= 11 is 0. The summed E-state index contributed by atoms with van der Waals surface area (Å²) in [5, 5.41) is 13.1. The zero-order valence-electron chi connectivity index (χ0n) is 10.5. The number of nitrogens with one attached hydrogen (secondary N) is 1. The molecule has 2 nitrogen and oxygen atoms in total. The molecule has 0 saturated heterocycles. The fraction of sp³-hybridized carbons (Fsp3) is 1.00. The van der Waals surface area contributed by atoms with Crippen molar-refractivity contribution in [2.24, 2.45) is 5.92 Å². The van der Waals surface area contributed by atoms with E-state index in [0.29, 0.717) is 6.61 Å². The molecular formula is C14H27NO. The quantitative estimate of drug-likeness (QED) is 0.754. The molecule has 0 atom stereocenters. The highest BCUT2D eigenvalue weighted by Gasteiger charge is 2.32. The normalized spacial score (nSPS) is 26.1. The lowest BCUT2D eigenvalue weighted by atomic mass is 9.86. The van der Waals surface area contributed by atoms with Crippen LogP contribution in [0, 0.1) is 5.92 Å². The molecule has 0 unspecified atom stereocenters. The van der Waals surface area contributed by atoms with Crippen molar-refractivity contribution in [2.45, 2.75) is 69.7 Å². The molecule has 2 fully saturated rings. The topological polar surface area (TPSA) is 32.3 Å². The molecule has 0 bridgehead atoms. The smallest absolute Gasteiger partial charge is 0.0613 e. The summed E-state index contributed by atoms with van der Waals surface area (Å²) in [6, 6.07) is 0. The van der Waals surface area contributed by atoms with Gasteiger partial charge in [0.2, 0.25) is 0 Å². The highest BCUT2D eigenvalue weighted by molar-refractivity contribution is 4.92. The standard InChI is InChI=1S/C14H27NO/c16-12-14(9-4-5-10-14)15-11-8-13-6-2-1-3-7-13/h13,15-16H,1-12H2. The van der Waals surface area contributed by atoms with Crippen molar-refractivity contribution in [1.29, 1.82) is 0 Å². The molecule has 0 aliphatic heterocycles. The van der Waals surface area contributed by atoms with Crippen molar-refractivity contribution in [2.75, 3.05) is 13.2 Å². The molecular weight excluding hydrogens is 198 g/mol. The van der Waals surface area contributed by atoms with Crippen LogP contribution in [0.4, 0.5) is 0 Å². The van der Waals surface area contributed by atoms with Gasteiger partial charge in [-0.15, -0.1) is 0 Å². The third-order valence-electron chi connectivity index (χ3n) is 4.64. The van der Waals surface area contributed by atoms with E-state index in [2.05, 4.69) is 5.32 Å². The highest BCUT2D eigenvalue weighted by Crippen LogP contribution is 2.30. The van der Waals surface area contributed by atoms with Crippen LogP contribution in [0.1, 0.15) is 64.2 Å². The fourth-order valence-electron chi connectivity index (χ4n) is 3.46. The van der Waals surface area contributed by atoms with Crippen LogP contribution < -0.4 is 5.32 Å². The zero-order valence-corrected chi connectivity index (χ0v) is 10.5. The van der Waals surface area contributed by atoms with Crippen LogP contribution in [0.3, 0.4) is 0 Å². The van der Waals surface area contributed by atoms with Gasteiger partial charge in [-0.05, 0) is 31.7 Å². The summed E-state index contributed by atoms with van der Waals surface area (Å²) in [7, 11) is 0. The van der Waals surface area contributed by atoms with Gasteiger partial charge in [0.15, 0.2) is 0 Å². The molecule has 0 spiro atoms. The van der Waals surface area contributed by atoms with Crippen LogP contribution >= 0.6 is 0 Å². The summed E-state index contributed by atoms with van der Waals surface area (Å²) in [6.45, 7) is 1.45. The minimum atomic E-state index is 0.0919. The predicted octanol–water partition coefficient (Wildman–Crippen LogP) is 2.85. The Kier molecular flexibility index (Phi) is 4.66. The van der Waals surface area contributed by atoms with E-state index >= 15 is 0 Å². The second-order valence-corrected chi connectivity index (χ2v) is 5.87. The van der Waals surface area contributed by atoms with Gasteiger partial charge in [-0.25, -0.2) is 0 Å². The first-order valence-electron chi connectivity index (χ1n) is 7.21. The minimum Gasteiger partial charge on any atom is -0.394 e. The Balaban J connectivity index is 1.66. The molecule has 0 aromatic rings. The molecule has 2 saturated carbocycles. The first-order valence-corrected chi connectivity index (χ1v) is 7.21. The van der Waals surface area contributed by atoms with Gasteiger partial charge >= 0.3 is 0 Å². The van der Waals surface area contributed by atoms with Crippen LogP contribution in [0.15, 0.2) is 0 Å². The van der Waals surface area contributed by atoms with E-state index in [1.54, 1.807) is 0 Å². The van der Waals surface area contributed by atoms with Gasteiger partial charge in [-0.2, -0.15) is 0 Å². The average molecular weight is 225 g/mol. The molecule has 0 radical (unpaired) electrons. The van der Waals surface area contributed by atoms with Crippen LogP contribution in [-0.4, -0.2) is 23.8 Å². The van der Waals surface area contributed by atoms with Crippen molar-refractivity contribution in [3.05, 3.63) is 0 Å². The van der Waals surface area contributed by atoms with Crippen LogP contribution in [-0.2, 0) is 0 Å². The van der Waals surface area contributed by atoms with Gasteiger partial charge in [0, 0.05) is 5.54 Å². The molecule has 2 aliphatic rings. The van der Waals surface area contributed by atoms with Gasteiger partial charge < -0.3 is 10.4 Å². The molecule has 2 rings (SSSR count). The molecule has 0 aromatic carbocycles. The van der Waals surface area contributed by atoms with Crippen molar-refractivity contribution in [1.82, 2.24) is 5.32 Å². The summed E-state index contributed by atoms with van der Waals surface area (Å²) < 4.78 is 0. The van der Waals surface area contributed by atoms with E-state index in [4.69, 9.17) is 0 Å². The van der Waals surface area contributed by atoms with E-state index in [1.165, 1.54) is 64.2 Å². The number of hydrogen-bond acceptors (Lipinski definition) is 2. The third-order valence-corrected chi connectivity index (χ3v) is 4.64. The maximum absolute atomic E-state index is 9.49. The fourth-order valence-corrected chi connectivity index (χ4v) is 3.46. The number of aliphatic hydroxyl groups excluding tert-OH is 1. The minimum absolute atomic E-state index is 0.0919. The lowest BCUT2D eigenvalue weighted by molar-refractivity contribution is 0.160. The highest BCUT2D eigenvalue weighted by atomic mass is 16.3. The van der Waals surface area contributed by atoms with Crippen LogP contribution in [0.25, 0.3) is 0 Å². The van der Waals surface area contributed by atoms with Gasteiger partial charge in [0.25, 0.3) is 0 Å². The van der Waals surface area contributed by atoms with E-state index in [1.807, 2.05) is 0 Å². The lowest BCUT2D eigenvalue weighted by Crippen LogP contribution is -2.46. The first-order chi connectivity index (χ1) is 7.85. The lowest BCUT2D eigenvalue weighted by Gasteiger charge is -2.30. The average Bonchev–Trinajstić information content (AvgIpc) is 2.80. The molecule has 2 aliphatic carbocycles. The SMILES string of the molecule is OCC1(NCCC2CCCCC2)CCCC1. The zero-order chi connectivity index (χ0) is 11.3. The van der Waals surface area contributed by atoms with Gasteiger partial charge in [-0.3, -0.25) is 0 Å². The van der Waals surface area contributed by atoms with Crippen molar-refractivity contribution in [3.63, 3.8) is 0 Å². The van der Waals surface area contributed by atoms with Gasteiger partial charge in [-0.1, -0.05) is 44.9 Å². The number of rotatable bonds is 5. The van der Waals surface area contributed by atoms with Crippen molar-refractivity contribution in [3.8, 4) is 0 Å². The summed E-state index contributed by atoms with van der Waals surface area (Å²) in [4.78, 5) is 0. The first kappa shape index (κ1) is 12.4. The molecule has 16 heavy (non-hydrogen) atoms. The third kappa shape index (κ3) is 3.21. The van der Waals surface area contributed by atoms with Crippen molar-refractivity contribution < 1.29 is 5.11 Å².